The van der Waals surface area contributed by atoms with E-state index in [2.05, 4.69) is 17.2 Å². The monoisotopic (exact) mass is 540 g/mol. The van der Waals surface area contributed by atoms with E-state index in [1.165, 1.54) is 6.92 Å². The van der Waals surface area contributed by atoms with Crippen molar-refractivity contribution in [3.8, 4) is 0 Å². The molecule has 0 aromatic heterocycles. The Morgan fingerprint density at radius 3 is 1.51 bits per heavy atom. The van der Waals surface area contributed by atoms with Crippen molar-refractivity contribution < 1.29 is 38.1 Å². The summed E-state index contributed by atoms with van der Waals surface area (Å²) in [5.41, 5.74) is 3.42. The van der Waals surface area contributed by atoms with Gasteiger partial charge in [-0.2, -0.15) is 0 Å². The van der Waals surface area contributed by atoms with Gasteiger partial charge in [0.1, 0.15) is 25.4 Å². The molecular weight excluding hydrogens is 504 g/mol. The summed E-state index contributed by atoms with van der Waals surface area (Å²) in [6.45, 7) is 11.7. The summed E-state index contributed by atoms with van der Waals surface area (Å²) < 4.78 is 20.4. The van der Waals surface area contributed by atoms with Crippen LogP contribution in [-0.2, 0) is 35.0 Å². The van der Waals surface area contributed by atoms with Gasteiger partial charge < -0.3 is 18.9 Å². The number of carbonyl (C=O) groups is 4. The Balaban J connectivity index is 1.77. The van der Waals surface area contributed by atoms with Gasteiger partial charge in [0, 0.05) is 16.9 Å². The number of ether oxygens (including phenoxy) is 4. The maximum atomic E-state index is 12.1. The molecule has 2 N–H and O–H groups in total. The first-order valence-corrected chi connectivity index (χ1v) is 12.5. The van der Waals surface area contributed by atoms with Crippen LogP contribution in [0.2, 0.25) is 0 Å². The average Bonchev–Trinajstić information content (AvgIpc) is 2.87. The van der Waals surface area contributed by atoms with Crippen LogP contribution in [0.4, 0.5) is 21.0 Å². The van der Waals surface area contributed by atoms with E-state index in [1.807, 2.05) is 24.3 Å². The molecule has 0 bridgehead atoms. The van der Waals surface area contributed by atoms with Gasteiger partial charge in [0.05, 0.1) is 5.92 Å². The maximum Gasteiger partial charge on any atom is 0.412 e. The number of rotatable bonds is 12. The van der Waals surface area contributed by atoms with E-state index in [0.717, 1.165) is 11.1 Å². The van der Waals surface area contributed by atoms with Crippen LogP contribution in [-0.4, -0.2) is 49.5 Å². The number of hydrogen-bond donors (Lipinski definition) is 2. The van der Waals surface area contributed by atoms with E-state index in [9.17, 15) is 19.2 Å². The summed E-state index contributed by atoms with van der Waals surface area (Å²) in [5, 5.41) is 5.29. The van der Waals surface area contributed by atoms with E-state index in [1.54, 1.807) is 52.0 Å². The quantitative estimate of drug-likeness (QED) is 0.206. The van der Waals surface area contributed by atoms with E-state index in [0.29, 0.717) is 17.8 Å². The minimum Gasteiger partial charge on any atom is -0.462 e. The molecule has 10 heteroatoms. The first kappa shape index (κ1) is 30.9. The zero-order valence-electron chi connectivity index (χ0n) is 22.9. The Labute approximate surface area is 228 Å². The largest absolute Gasteiger partial charge is 0.462 e. The van der Waals surface area contributed by atoms with Gasteiger partial charge in [-0.25, -0.2) is 14.4 Å². The van der Waals surface area contributed by atoms with Crippen LogP contribution in [0.5, 0.6) is 0 Å². The zero-order chi connectivity index (χ0) is 28.9. The molecule has 0 aliphatic heterocycles. The predicted octanol–water partition coefficient (Wildman–Crippen LogP) is 5.47. The highest BCUT2D eigenvalue weighted by Crippen LogP contribution is 2.17. The number of anilines is 2. The summed E-state index contributed by atoms with van der Waals surface area (Å²) in [6, 6.07) is 14.6. The third-order valence-corrected chi connectivity index (χ3v) is 5.15. The molecule has 2 aromatic carbocycles. The molecule has 10 nitrogen and oxygen atoms in total. The number of amides is 2. The van der Waals surface area contributed by atoms with E-state index >= 15 is 0 Å². The fourth-order valence-corrected chi connectivity index (χ4v) is 3.06. The van der Waals surface area contributed by atoms with Crippen molar-refractivity contribution >= 4 is 35.5 Å². The predicted molar refractivity (Wildman–Crippen MR) is 146 cm³/mol. The summed E-state index contributed by atoms with van der Waals surface area (Å²) in [4.78, 5) is 47.1. The lowest BCUT2D eigenvalue weighted by molar-refractivity contribution is -0.150. The second kappa shape index (κ2) is 15.2. The summed E-state index contributed by atoms with van der Waals surface area (Å²) in [5.74, 6) is -1.13. The third-order valence-electron chi connectivity index (χ3n) is 5.15. The second-order valence-corrected chi connectivity index (χ2v) is 9.42. The molecule has 0 radical (unpaired) electrons. The average molecular weight is 541 g/mol. The van der Waals surface area contributed by atoms with Gasteiger partial charge in [-0.15, -0.1) is 0 Å². The van der Waals surface area contributed by atoms with Gasteiger partial charge in [-0.05, 0) is 62.6 Å². The molecule has 0 spiro atoms. The van der Waals surface area contributed by atoms with Gasteiger partial charge in [0.15, 0.2) is 0 Å². The number of carbonyl (C=O) groups excluding carboxylic acids is 4. The Morgan fingerprint density at radius 1 is 0.718 bits per heavy atom. The highest BCUT2D eigenvalue weighted by molar-refractivity contribution is 5.87. The molecule has 2 aromatic rings. The molecule has 0 heterocycles. The second-order valence-electron chi connectivity index (χ2n) is 9.42. The molecule has 210 valence electrons. The van der Waals surface area contributed by atoms with Crippen LogP contribution < -0.4 is 10.6 Å². The van der Waals surface area contributed by atoms with Gasteiger partial charge in [-0.3, -0.25) is 15.4 Å². The molecule has 0 fully saturated rings. The molecule has 0 aliphatic carbocycles. The Kier molecular flexibility index (Phi) is 12.0. The van der Waals surface area contributed by atoms with Crippen LogP contribution in [0, 0.1) is 5.92 Å². The lowest BCUT2D eigenvalue weighted by atomic mass is 10.0. The molecule has 2 amide bonds. The highest BCUT2D eigenvalue weighted by atomic mass is 16.6. The first-order chi connectivity index (χ1) is 18.4. The van der Waals surface area contributed by atoms with Crippen LogP contribution in [0.3, 0.4) is 0 Å². The van der Waals surface area contributed by atoms with Crippen LogP contribution in [0.1, 0.15) is 45.7 Å². The Hall–Kier alpha value is -4.34. The van der Waals surface area contributed by atoms with E-state index in [4.69, 9.17) is 18.9 Å². The van der Waals surface area contributed by atoms with Crippen molar-refractivity contribution in [1.29, 1.82) is 0 Å². The van der Waals surface area contributed by atoms with Crippen molar-refractivity contribution in [3.05, 3.63) is 71.8 Å². The lowest BCUT2D eigenvalue weighted by Crippen LogP contribution is -2.26. The molecule has 0 aliphatic rings. The minimum absolute atomic E-state index is 0.00897. The molecule has 2 rings (SSSR count). The smallest absolute Gasteiger partial charge is 0.412 e. The molecule has 0 saturated heterocycles. The van der Waals surface area contributed by atoms with Crippen molar-refractivity contribution in [1.82, 2.24) is 0 Å². The number of nitrogens with one attached hydrogen (secondary N) is 2. The number of esters is 2. The summed E-state index contributed by atoms with van der Waals surface area (Å²) in [7, 11) is 0. The standard InChI is InChI=1S/C29H36N2O8/c1-18(2)26(32)36-16-20(5)38-28(34)30-24-11-7-22(8-12-24)15-23-9-13-25(14-10-23)31-29(35)39-21(6)17-37-27(33)19(3)4/h7-14,19-21H,1,15-17H2,2-6H3,(H,30,34)(H,31,35). The van der Waals surface area contributed by atoms with Crippen LogP contribution >= 0.6 is 0 Å². The Bertz CT molecular complexity index is 1140. The van der Waals surface area contributed by atoms with E-state index in [-0.39, 0.29) is 30.7 Å². The maximum absolute atomic E-state index is 12.1. The van der Waals surface area contributed by atoms with Crippen molar-refractivity contribution in [2.24, 2.45) is 5.92 Å². The molecular formula is C29H36N2O8. The Morgan fingerprint density at radius 2 is 1.13 bits per heavy atom. The fraction of sp³-hybridized carbons (Fsp3) is 0.379. The van der Waals surface area contributed by atoms with E-state index < -0.39 is 30.4 Å². The van der Waals surface area contributed by atoms with Gasteiger partial charge in [0.2, 0.25) is 0 Å². The molecule has 2 unspecified atom stereocenters. The van der Waals surface area contributed by atoms with Gasteiger partial charge in [-0.1, -0.05) is 44.7 Å². The van der Waals surface area contributed by atoms with Crippen molar-refractivity contribution in [2.45, 2.75) is 53.2 Å². The highest BCUT2D eigenvalue weighted by Gasteiger charge is 2.15. The van der Waals surface area contributed by atoms with Crippen molar-refractivity contribution in [3.63, 3.8) is 0 Å². The fourth-order valence-electron chi connectivity index (χ4n) is 3.06. The minimum atomic E-state index is -0.658. The zero-order valence-corrected chi connectivity index (χ0v) is 22.9. The van der Waals surface area contributed by atoms with Crippen LogP contribution in [0.25, 0.3) is 0 Å². The molecule has 39 heavy (non-hydrogen) atoms. The number of benzene rings is 2. The summed E-state index contributed by atoms with van der Waals surface area (Å²) >= 11 is 0. The van der Waals surface area contributed by atoms with Crippen molar-refractivity contribution in [2.75, 3.05) is 23.8 Å². The SMILES string of the molecule is C=C(C)C(=O)OCC(C)OC(=O)Nc1ccc(Cc2ccc(NC(=O)OC(C)COC(=O)C(C)C)cc2)cc1. The van der Waals surface area contributed by atoms with Crippen LogP contribution in [0.15, 0.2) is 60.7 Å². The number of hydrogen-bond acceptors (Lipinski definition) is 8. The molecule has 0 saturated carbocycles. The lowest BCUT2D eigenvalue weighted by Gasteiger charge is -2.15. The van der Waals surface area contributed by atoms with Gasteiger partial charge >= 0.3 is 24.1 Å². The normalized spacial score (nSPS) is 12.1. The third kappa shape index (κ3) is 11.7. The first-order valence-electron chi connectivity index (χ1n) is 12.5. The van der Waals surface area contributed by atoms with Gasteiger partial charge in [0.25, 0.3) is 0 Å². The molecule has 2 atom stereocenters. The topological polar surface area (TPSA) is 129 Å². The summed E-state index contributed by atoms with van der Waals surface area (Å²) in [6.07, 6.45) is -1.86.